The number of pyridine rings is 1. The number of hydrogen-bond donors (Lipinski definition) is 2. The molecule has 0 saturated carbocycles. The van der Waals surface area contributed by atoms with Gasteiger partial charge in [-0.3, -0.25) is 4.79 Å². The highest BCUT2D eigenvalue weighted by atomic mass is 35.5. The van der Waals surface area contributed by atoms with E-state index in [9.17, 15) is 4.79 Å². The molecular formula is C10H10ClN5OS. The van der Waals surface area contributed by atoms with Crippen LogP contribution in [0.5, 0.6) is 0 Å². The number of carbonyl (C=O) groups excluding carboxylic acids is 1. The van der Waals surface area contributed by atoms with Gasteiger partial charge in [0.2, 0.25) is 10.1 Å². The molecule has 2 aromatic rings. The number of nitrogens with zero attached hydrogens (tertiary/aromatic N) is 3. The normalized spacial score (nSPS) is 10.1. The van der Waals surface area contributed by atoms with Crippen molar-refractivity contribution in [1.82, 2.24) is 15.2 Å². The highest BCUT2D eigenvalue weighted by Gasteiger charge is 2.14. The maximum Gasteiger partial charge on any atom is 0.287 e. The number of anilines is 2. The zero-order chi connectivity index (χ0) is 13.0. The summed E-state index contributed by atoms with van der Waals surface area (Å²) in [5.74, 6) is -0.0679. The summed E-state index contributed by atoms with van der Waals surface area (Å²) in [6.07, 6.45) is 1.55. The summed E-state index contributed by atoms with van der Waals surface area (Å²) in [6, 6.07) is 3.33. The Morgan fingerprint density at radius 1 is 1.50 bits per heavy atom. The molecule has 0 unspecified atom stereocenters. The van der Waals surface area contributed by atoms with Gasteiger partial charge < -0.3 is 10.6 Å². The van der Waals surface area contributed by atoms with E-state index in [1.807, 2.05) is 6.92 Å². The van der Waals surface area contributed by atoms with Gasteiger partial charge in [0.1, 0.15) is 0 Å². The Hall–Kier alpha value is -1.73. The Bertz CT molecular complexity index is 559. The smallest absolute Gasteiger partial charge is 0.287 e. The minimum atomic E-state index is -0.378. The van der Waals surface area contributed by atoms with Gasteiger partial charge in [-0.15, -0.1) is 10.2 Å². The van der Waals surface area contributed by atoms with Gasteiger partial charge in [-0.1, -0.05) is 22.9 Å². The molecule has 0 fully saturated rings. The lowest BCUT2D eigenvalue weighted by molar-refractivity contribution is 0.102. The molecule has 0 aliphatic carbocycles. The minimum Gasteiger partial charge on any atom is -0.360 e. The number of carbonyl (C=O) groups is 1. The first-order valence-electron chi connectivity index (χ1n) is 5.20. The highest BCUT2D eigenvalue weighted by Crippen LogP contribution is 2.20. The first-order valence-corrected chi connectivity index (χ1v) is 6.39. The molecule has 94 valence electrons. The molecule has 6 nitrogen and oxygen atoms in total. The lowest BCUT2D eigenvalue weighted by Crippen LogP contribution is -2.12. The van der Waals surface area contributed by atoms with Gasteiger partial charge in [0.25, 0.3) is 5.91 Å². The first-order chi connectivity index (χ1) is 8.70. The van der Waals surface area contributed by atoms with Crippen LogP contribution in [0.15, 0.2) is 18.3 Å². The van der Waals surface area contributed by atoms with Crippen molar-refractivity contribution in [3.05, 3.63) is 28.4 Å². The number of hydrogen-bond acceptors (Lipinski definition) is 6. The lowest BCUT2D eigenvalue weighted by atomic mass is 10.4. The SMILES string of the molecule is CCNc1nnc(C(=O)Nc2ncccc2Cl)s1. The summed E-state index contributed by atoms with van der Waals surface area (Å²) in [7, 11) is 0. The number of amides is 1. The second kappa shape index (κ2) is 5.74. The van der Waals surface area contributed by atoms with Gasteiger partial charge >= 0.3 is 0 Å². The molecule has 0 bridgehead atoms. The third kappa shape index (κ3) is 2.93. The van der Waals surface area contributed by atoms with Crippen molar-refractivity contribution in [1.29, 1.82) is 0 Å². The third-order valence-corrected chi connectivity index (χ3v) is 3.12. The van der Waals surface area contributed by atoms with Crippen LogP contribution in [0, 0.1) is 0 Å². The molecule has 0 aliphatic rings. The molecule has 0 spiro atoms. The fourth-order valence-corrected chi connectivity index (χ4v) is 2.05. The molecule has 2 rings (SSSR count). The van der Waals surface area contributed by atoms with Crippen LogP contribution in [-0.4, -0.2) is 27.6 Å². The van der Waals surface area contributed by atoms with Gasteiger partial charge in [-0.05, 0) is 19.1 Å². The van der Waals surface area contributed by atoms with E-state index in [-0.39, 0.29) is 10.9 Å². The van der Waals surface area contributed by atoms with Crippen molar-refractivity contribution in [3.8, 4) is 0 Å². The summed E-state index contributed by atoms with van der Waals surface area (Å²) in [6.45, 7) is 2.66. The lowest BCUT2D eigenvalue weighted by Gasteiger charge is -2.02. The largest absolute Gasteiger partial charge is 0.360 e. The van der Waals surface area contributed by atoms with E-state index < -0.39 is 0 Å². The van der Waals surface area contributed by atoms with E-state index in [0.717, 1.165) is 6.54 Å². The topological polar surface area (TPSA) is 79.8 Å². The van der Waals surface area contributed by atoms with Crippen LogP contribution in [0.25, 0.3) is 0 Å². The predicted octanol–water partition coefficient (Wildman–Crippen LogP) is 2.27. The second-order valence-corrected chi connectivity index (χ2v) is 4.62. The molecule has 1 amide bonds. The van der Waals surface area contributed by atoms with Gasteiger partial charge in [-0.25, -0.2) is 4.98 Å². The van der Waals surface area contributed by atoms with Crippen LogP contribution in [0.1, 0.15) is 16.7 Å². The standard InChI is InChI=1S/C10H10ClN5OS/c1-2-12-10-16-15-9(18-10)8(17)14-7-6(11)4-3-5-13-7/h3-5H,2H2,1H3,(H,12,16)(H,13,14,17). The average molecular weight is 284 g/mol. The molecule has 0 saturated heterocycles. The molecule has 2 heterocycles. The summed E-state index contributed by atoms with van der Waals surface area (Å²) in [4.78, 5) is 15.8. The summed E-state index contributed by atoms with van der Waals surface area (Å²) in [5, 5.41) is 14.4. The maximum atomic E-state index is 11.9. The Labute approximate surface area is 112 Å². The summed E-state index contributed by atoms with van der Waals surface area (Å²) >= 11 is 7.06. The van der Waals surface area contributed by atoms with Crippen molar-refractivity contribution >= 4 is 39.8 Å². The molecule has 18 heavy (non-hydrogen) atoms. The molecule has 2 N–H and O–H groups in total. The first kappa shape index (κ1) is 12.7. The monoisotopic (exact) mass is 283 g/mol. The van der Waals surface area contributed by atoms with Crippen molar-refractivity contribution in [2.75, 3.05) is 17.2 Å². The molecule has 0 atom stereocenters. The van der Waals surface area contributed by atoms with Crippen molar-refractivity contribution in [2.45, 2.75) is 6.92 Å². The Morgan fingerprint density at radius 2 is 2.33 bits per heavy atom. The molecular weight excluding hydrogens is 274 g/mol. The van der Waals surface area contributed by atoms with E-state index >= 15 is 0 Å². The fourth-order valence-electron chi connectivity index (χ4n) is 1.18. The van der Waals surface area contributed by atoms with Gasteiger partial charge in [-0.2, -0.15) is 0 Å². The quantitative estimate of drug-likeness (QED) is 0.900. The number of aromatic nitrogens is 3. The molecule has 0 aromatic carbocycles. The van der Waals surface area contributed by atoms with E-state index in [2.05, 4.69) is 25.8 Å². The van der Waals surface area contributed by atoms with Crippen LogP contribution in [-0.2, 0) is 0 Å². The van der Waals surface area contributed by atoms with Crippen LogP contribution < -0.4 is 10.6 Å². The van der Waals surface area contributed by atoms with Crippen LogP contribution in [0.4, 0.5) is 10.9 Å². The Kier molecular flexibility index (Phi) is 4.06. The summed E-state index contributed by atoms with van der Waals surface area (Å²) < 4.78 is 0. The Morgan fingerprint density at radius 3 is 3.06 bits per heavy atom. The third-order valence-electron chi connectivity index (χ3n) is 1.94. The Balaban J connectivity index is 2.10. The number of nitrogens with one attached hydrogen (secondary N) is 2. The molecule has 0 aliphatic heterocycles. The fraction of sp³-hybridized carbons (Fsp3) is 0.200. The van der Waals surface area contributed by atoms with E-state index in [1.54, 1.807) is 18.3 Å². The number of rotatable bonds is 4. The molecule has 8 heteroatoms. The average Bonchev–Trinajstić information content (AvgIpc) is 2.81. The van der Waals surface area contributed by atoms with Gasteiger partial charge in [0.05, 0.1) is 5.02 Å². The van der Waals surface area contributed by atoms with Crippen molar-refractivity contribution in [3.63, 3.8) is 0 Å². The van der Waals surface area contributed by atoms with Gasteiger partial charge in [0, 0.05) is 12.7 Å². The molecule has 0 radical (unpaired) electrons. The summed E-state index contributed by atoms with van der Waals surface area (Å²) in [5.41, 5.74) is 0. The maximum absolute atomic E-state index is 11.9. The molecule has 2 aromatic heterocycles. The zero-order valence-electron chi connectivity index (χ0n) is 9.48. The highest BCUT2D eigenvalue weighted by molar-refractivity contribution is 7.17. The van der Waals surface area contributed by atoms with Gasteiger partial charge in [0.15, 0.2) is 5.82 Å². The zero-order valence-corrected chi connectivity index (χ0v) is 11.0. The van der Waals surface area contributed by atoms with E-state index in [4.69, 9.17) is 11.6 Å². The van der Waals surface area contributed by atoms with Crippen LogP contribution in [0.2, 0.25) is 5.02 Å². The van der Waals surface area contributed by atoms with E-state index in [1.165, 1.54) is 11.3 Å². The second-order valence-electron chi connectivity index (χ2n) is 3.23. The van der Waals surface area contributed by atoms with Crippen LogP contribution in [0.3, 0.4) is 0 Å². The van der Waals surface area contributed by atoms with E-state index in [0.29, 0.717) is 16.0 Å². The predicted molar refractivity (Wildman–Crippen MR) is 71.3 cm³/mol. The number of halogens is 1. The van der Waals surface area contributed by atoms with Crippen LogP contribution >= 0.6 is 22.9 Å². The van der Waals surface area contributed by atoms with Crippen molar-refractivity contribution in [2.24, 2.45) is 0 Å². The van der Waals surface area contributed by atoms with Crippen molar-refractivity contribution < 1.29 is 4.79 Å². The minimum absolute atomic E-state index is 0.257.